The Hall–Kier alpha value is -1.45. The second-order valence-corrected chi connectivity index (χ2v) is 3.21. The van der Waals surface area contributed by atoms with Crippen molar-refractivity contribution in [3.05, 3.63) is 11.6 Å². The molecule has 1 fully saturated rings. The zero-order chi connectivity index (χ0) is 8.72. The summed E-state index contributed by atoms with van der Waals surface area (Å²) >= 11 is 0. The fourth-order valence-corrected chi connectivity index (χ4v) is 1.43. The molecule has 1 aliphatic carbocycles. The molecule has 12 heavy (non-hydrogen) atoms. The minimum Gasteiger partial charge on any atom is -0.398 e. The van der Waals surface area contributed by atoms with Crippen LogP contribution in [0.5, 0.6) is 0 Å². The molecule has 1 aromatic rings. The first-order valence-electron chi connectivity index (χ1n) is 4.00. The molecule has 0 amide bonds. The van der Waals surface area contributed by atoms with Crippen molar-refractivity contribution in [3.8, 4) is 0 Å². The number of rotatable bonds is 1. The van der Waals surface area contributed by atoms with Crippen LogP contribution >= 0.6 is 0 Å². The van der Waals surface area contributed by atoms with Crippen LogP contribution in [0.3, 0.4) is 0 Å². The van der Waals surface area contributed by atoms with Crippen molar-refractivity contribution in [1.82, 2.24) is 4.98 Å². The Labute approximate surface area is 70.8 Å². The van der Waals surface area contributed by atoms with Crippen molar-refractivity contribution >= 4 is 17.3 Å². The van der Waals surface area contributed by atoms with E-state index in [2.05, 4.69) is 4.98 Å². The number of nitrogens with two attached hydrogens (primary N) is 3. The monoisotopic (exact) mass is 164 g/mol. The highest BCUT2D eigenvalue weighted by molar-refractivity contribution is 5.64. The Morgan fingerprint density at radius 2 is 1.92 bits per heavy atom. The normalized spacial score (nSPS) is 16.3. The molecule has 64 valence electrons. The predicted octanol–water partition coefficient (Wildman–Crippen LogP) is 0.706. The van der Waals surface area contributed by atoms with Gasteiger partial charge in [-0.1, -0.05) is 0 Å². The molecule has 1 aromatic heterocycles. The fraction of sp³-hybridized carbons (Fsp3) is 0.375. The Morgan fingerprint density at radius 1 is 1.25 bits per heavy atom. The topological polar surface area (TPSA) is 91.0 Å². The molecule has 0 radical (unpaired) electrons. The molecule has 0 saturated heterocycles. The molecule has 0 spiro atoms. The van der Waals surface area contributed by atoms with Gasteiger partial charge in [0.2, 0.25) is 0 Å². The number of aromatic nitrogens is 1. The predicted molar refractivity (Wildman–Crippen MR) is 49.4 cm³/mol. The van der Waals surface area contributed by atoms with E-state index in [4.69, 9.17) is 17.2 Å². The maximum absolute atomic E-state index is 5.76. The third-order valence-corrected chi connectivity index (χ3v) is 2.13. The maximum atomic E-state index is 5.76. The quantitative estimate of drug-likeness (QED) is 0.570. The lowest BCUT2D eigenvalue weighted by atomic mass is 10.1. The van der Waals surface area contributed by atoms with Gasteiger partial charge in [0.15, 0.2) is 0 Å². The summed E-state index contributed by atoms with van der Waals surface area (Å²) in [7, 11) is 0. The van der Waals surface area contributed by atoms with Crippen molar-refractivity contribution in [1.29, 1.82) is 0 Å². The van der Waals surface area contributed by atoms with Gasteiger partial charge in [-0.3, -0.25) is 0 Å². The van der Waals surface area contributed by atoms with Crippen molar-refractivity contribution in [2.24, 2.45) is 0 Å². The lowest BCUT2D eigenvalue weighted by Gasteiger charge is -2.07. The Bertz CT molecular complexity index is 294. The summed E-state index contributed by atoms with van der Waals surface area (Å²) in [4.78, 5) is 3.97. The van der Waals surface area contributed by atoms with Gasteiger partial charge in [-0.05, 0) is 18.8 Å². The van der Waals surface area contributed by atoms with Gasteiger partial charge in [0.05, 0.1) is 0 Å². The fourth-order valence-electron chi connectivity index (χ4n) is 1.43. The van der Waals surface area contributed by atoms with Gasteiger partial charge in [0, 0.05) is 17.3 Å². The second-order valence-electron chi connectivity index (χ2n) is 3.21. The minimum atomic E-state index is 0.398. The molecule has 0 aromatic carbocycles. The first kappa shape index (κ1) is 7.21. The van der Waals surface area contributed by atoms with Gasteiger partial charge < -0.3 is 17.2 Å². The Balaban J connectivity index is 2.51. The van der Waals surface area contributed by atoms with Crippen LogP contribution in [-0.4, -0.2) is 4.98 Å². The van der Waals surface area contributed by atoms with Crippen molar-refractivity contribution in [2.45, 2.75) is 18.8 Å². The number of hydrogen-bond acceptors (Lipinski definition) is 4. The molecule has 1 heterocycles. The molecular weight excluding hydrogens is 152 g/mol. The molecule has 0 atom stereocenters. The number of hydrogen-bond donors (Lipinski definition) is 3. The van der Waals surface area contributed by atoms with E-state index < -0.39 is 0 Å². The van der Waals surface area contributed by atoms with E-state index in [1.807, 2.05) is 0 Å². The second kappa shape index (κ2) is 2.27. The molecule has 6 N–H and O–H groups in total. The number of nitrogens with zero attached hydrogens (tertiary/aromatic N) is 1. The van der Waals surface area contributed by atoms with E-state index in [1.165, 1.54) is 12.8 Å². The maximum Gasteiger partial charge on any atom is 0.131 e. The summed E-state index contributed by atoms with van der Waals surface area (Å²) in [6.45, 7) is 0. The molecular formula is C8H12N4. The van der Waals surface area contributed by atoms with Crippen LogP contribution in [0.2, 0.25) is 0 Å². The molecule has 0 bridgehead atoms. The molecule has 2 rings (SSSR count). The van der Waals surface area contributed by atoms with Crippen molar-refractivity contribution in [3.63, 3.8) is 0 Å². The lowest BCUT2D eigenvalue weighted by Crippen LogP contribution is -2.04. The van der Waals surface area contributed by atoms with Crippen LogP contribution in [-0.2, 0) is 0 Å². The average molecular weight is 164 g/mol. The van der Waals surface area contributed by atoms with Crippen LogP contribution in [0.4, 0.5) is 17.3 Å². The van der Waals surface area contributed by atoms with Gasteiger partial charge >= 0.3 is 0 Å². The molecule has 0 unspecified atom stereocenters. The highest BCUT2D eigenvalue weighted by atomic mass is 14.9. The van der Waals surface area contributed by atoms with E-state index in [1.54, 1.807) is 6.07 Å². The summed E-state index contributed by atoms with van der Waals surface area (Å²) in [6, 6.07) is 1.67. The van der Waals surface area contributed by atoms with E-state index >= 15 is 0 Å². The van der Waals surface area contributed by atoms with Gasteiger partial charge in [-0.15, -0.1) is 0 Å². The summed E-state index contributed by atoms with van der Waals surface area (Å²) in [5.41, 5.74) is 18.6. The molecule has 4 nitrogen and oxygen atoms in total. The molecule has 1 aliphatic rings. The minimum absolute atomic E-state index is 0.398. The van der Waals surface area contributed by atoms with Gasteiger partial charge in [-0.2, -0.15) is 0 Å². The standard InChI is InChI=1S/C8H12N4/c9-5-3-6(10)12-8(11)7(5)4-1-2-4/h3-4H,1-2H2,(H6,9,10,11,12). The highest BCUT2D eigenvalue weighted by Crippen LogP contribution is 2.45. The first-order chi connectivity index (χ1) is 5.68. The summed E-state index contributed by atoms with van der Waals surface area (Å²) < 4.78 is 0. The molecule has 1 saturated carbocycles. The van der Waals surface area contributed by atoms with Crippen LogP contribution in [0.15, 0.2) is 6.07 Å². The van der Waals surface area contributed by atoms with Crippen LogP contribution in [0.25, 0.3) is 0 Å². The van der Waals surface area contributed by atoms with Crippen molar-refractivity contribution in [2.75, 3.05) is 17.2 Å². The first-order valence-corrected chi connectivity index (χ1v) is 4.00. The zero-order valence-corrected chi connectivity index (χ0v) is 6.75. The largest absolute Gasteiger partial charge is 0.398 e. The summed E-state index contributed by atoms with van der Waals surface area (Å²) in [5, 5.41) is 0. The van der Waals surface area contributed by atoms with Crippen LogP contribution < -0.4 is 17.2 Å². The third-order valence-electron chi connectivity index (χ3n) is 2.13. The van der Waals surface area contributed by atoms with Crippen LogP contribution in [0, 0.1) is 0 Å². The number of pyridine rings is 1. The van der Waals surface area contributed by atoms with E-state index in [0.717, 1.165) is 5.56 Å². The van der Waals surface area contributed by atoms with E-state index in [0.29, 0.717) is 23.2 Å². The number of nitrogen functional groups attached to an aromatic ring is 3. The molecule has 0 aliphatic heterocycles. The molecule has 4 heteroatoms. The zero-order valence-electron chi connectivity index (χ0n) is 6.75. The smallest absolute Gasteiger partial charge is 0.131 e. The van der Waals surface area contributed by atoms with Gasteiger partial charge in [0.1, 0.15) is 11.6 Å². The third kappa shape index (κ3) is 1.05. The van der Waals surface area contributed by atoms with Gasteiger partial charge in [-0.25, -0.2) is 4.98 Å². The SMILES string of the molecule is Nc1cc(N)c(C2CC2)c(N)n1. The average Bonchev–Trinajstić information content (AvgIpc) is 2.68. The van der Waals surface area contributed by atoms with E-state index in [9.17, 15) is 0 Å². The lowest BCUT2D eigenvalue weighted by molar-refractivity contribution is 1.11. The highest BCUT2D eigenvalue weighted by Gasteiger charge is 2.28. The van der Waals surface area contributed by atoms with Crippen molar-refractivity contribution < 1.29 is 0 Å². The van der Waals surface area contributed by atoms with E-state index in [-0.39, 0.29) is 0 Å². The van der Waals surface area contributed by atoms with Gasteiger partial charge in [0.25, 0.3) is 0 Å². The summed E-state index contributed by atoms with van der Waals surface area (Å²) in [6.07, 6.45) is 2.33. The number of anilines is 3. The Morgan fingerprint density at radius 3 is 2.42 bits per heavy atom. The van der Waals surface area contributed by atoms with Crippen LogP contribution in [0.1, 0.15) is 24.3 Å². The summed E-state index contributed by atoms with van der Waals surface area (Å²) in [5.74, 6) is 1.42. The Kier molecular flexibility index (Phi) is 1.36.